The minimum Gasteiger partial charge on any atom is -0.351 e. The van der Waals surface area contributed by atoms with Crippen molar-refractivity contribution in [1.82, 2.24) is 20.0 Å². The van der Waals surface area contributed by atoms with E-state index in [1.165, 1.54) is 36.4 Å². The van der Waals surface area contributed by atoms with Crippen LogP contribution in [0.25, 0.3) is 11.3 Å². The largest absolute Gasteiger partial charge is 0.351 e. The number of thiophene rings is 1. The molecule has 1 aliphatic carbocycles. The minimum atomic E-state index is -0.0208. The second-order valence-corrected chi connectivity index (χ2v) is 8.71. The monoisotopic (exact) mass is 372 g/mol. The maximum absolute atomic E-state index is 12.7. The van der Waals surface area contributed by atoms with Crippen LogP contribution in [0, 0.1) is 5.92 Å². The van der Waals surface area contributed by atoms with E-state index in [1.807, 2.05) is 11.7 Å². The third-order valence-electron chi connectivity index (χ3n) is 5.64. The summed E-state index contributed by atoms with van der Waals surface area (Å²) in [6, 6.07) is 2.15. The second-order valence-electron chi connectivity index (χ2n) is 7.71. The Labute approximate surface area is 159 Å². The lowest BCUT2D eigenvalue weighted by molar-refractivity contribution is 0.0943. The molecule has 0 saturated carbocycles. The molecule has 0 unspecified atom stereocenters. The summed E-state index contributed by atoms with van der Waals surface area (Å²) < 4.78 is 1.88. The zero-order valence-electron chi connectivity index (χ0n) is 15.8. The predicted octanol–water partition coefficient (Wildman–Crippen LogP) is 3.10. The lowest BCUT2D eigenvalue weighted by Gasteiger charge is -2.30. The number of amides is 1. The molecule has 1 N–H and O–H groups in total. The molecule has 1 fully saturated rings. The van der Waals surface area contributed by atoms with Crippen LogP contribution < -0.4 is 5.32 Å². The standard InChI is InChI=1S/C20H28N4OS/c1-14-5-3-10-24(13-14)11-4-9-21-20(25)18-16-6-7-17-15(8-12-26-17)19(16)23(2)22-18/h8,12,14H,3-7,9-11,13H2,1-2H3,(H,21,25)/t14-/m1/s1. The highest BCUT2D eigenvalue weighted by Crippen LogP contribution is 2.37. The Morgan fingerprint density at radius 1 is 1.42 bits per heavy atom. The Hall–Kier alpha value is -1.66. The summed E-state index contributed by atoms with van der Waals surface area (Å²) in [5.41, 5.74) is 4.11. The van der Waals surface area contributed by atoms with Crippen LogP contribution in [0.2, 0.25) is 0 Å². The van der Waals surface area contributed by atoms with Crippen molar-refractivity contribution in [1.29, 1.82) is 0 Å². The maximum atomic E-state index is 12.7. The molecule has 0 aromatic carbocycles. The van der Waals surface area contributed by atoms with Crippen LogP contribution in [-0.4, -0.2) is 46.8 Å². The Bertz CT molecular complexity index is 794. The molecular weight excluding hydrogens is 344 g/mol. The molecule has 2 aromatic heterocycles. The number of aryl methyl sites for hydroxylation is 2. The van der Waals surface area contributed by atoms with E-state index in [1.54, 1.807) is 11.3 Å². The van der Waals surface area contributed by atoms with Gasteiger partial charge in [-0.2, -0.15) is 5.10 Å². The molecule has 6 heteroatoms. The van der Waals surface area contributed by atoms with Crippen LogP contribution in [0.1, 0.15) is 47.1 Å². The Morgan fingerprint density at radius 2 is 2.31 bits per heavy atom. The molecular formula is C20H28N4OS. The molecule has 1 aliphatic heterocycles. The predicted molar refractivity (Wildman–Crippen MR) is 106 cm³/mol. The number of hydrogen-bond acceptors (Lipinski definition) is 4. The molecule has 3 heterocycles. The molecule has 1 amide bonds. The van der Waals surface area contributed by atoms with Gasteiger partial charge in [-0.3, -0.25) is 9.48 Å². The van der Waals surface area contributed by atoms with Crippen molar-refractivity contribution in [2.45, 2.75) is 39.0 Å². The van der Waals surface area contributed by atoms with Gasteiger partial charge in [-0.1, -0.05) is 6.92 Å². The number of piperidine rings is 1. The number of nitrogens with zero attached hydrogens (tertiary/aromatic N) is 3. The van der Waals surface area contributed by atoms with Gasteiger partial charge in [0.15, 0.2) is 5.69 Å². The summed E-state index contributed by atoms with van der Waals surface area (Å²) in [5, 5.41) is 9.77. The number of fused-ring (bicyclic) bond motifs is 3. The van der Waals surface area contributed by atoms with E-state index in [-0.39, 0.29) is 5.91 Å². The number of carbonyl (C=O) groups excluding carboxylic acids is 1. The number of hydrogen-bond donors (Lipinski definition) is 1. The molecule has 0 radical (unpaired) electrons. The molecule has 140 valence electrons. The van der Waals surface area contributed by atoms with Gasteiger partial charge in [0.2, 0.25) is 0 Å². The summed E-state index contributed by atoms with van der Waals surface area (Å²) in [5.74, 6) is 0.785. The van der Waals surface area contributed by atoms with Gasteiger partial charge in [0, 0.05) is 36.1 Å². The van der Waals surface area contributed by atoms with Crippen molar-refractivity contribution >= 4 is 17.2 Å². The second kappa shape index (κ2) is 7.53. The van der Waals surface area contributed by atoms with E-state index in [9.17, 15) is 4.79 Å². The van der Waals surface area contributed by atoms with E-state index in [4.69, 9.17) is 0 Å². The van der Waals surface area contributed by atoms with Gasteiger partial charge in [-0.05, 0) is 62.6 Å². The summed E-state index contributed by atoms with van der Waals surface area (Å²) in [6.07, 6.45) is 5.58. The quantitative estimate of drug-likeness (QED) is 0.821. The number of likely N-dealkylation sites (tertiary alicyclic amines) is 1. The van der Waals surface area contributed by atoms with Gasteiger partial charge in [0.05, 0.1) is 5.69 Å². The minimum absolute atomic E-state index is 0.0208. The fraction of sp³-hybridized carbons (Fsp3) is 0.600. The number of aromatic nitrogens is 2. The van der Waals surface area contributed by atoms with E-state index in [2.05, 4.69) is 33.7 Å². The van der Waals surface area contributed by atoms with Crippen LogP contribution in [0.4, 0.5) is 0 Å². The van der Waals surface area contributed by atoms with E-state index in [0.29, 0.717) is 5.69 Å². The lowest BCUT2D eigenvalue weighted by Crippen LogP contribution is -2.36. The summed E-state index contributed by atoms with van der Waals surface area (Å²) in [6.45, 7) is 6.53. The molecule has 2 aliphatic rings. The molecule has 0 bridgehead atoms. The number of nitrogens with one attached hydrogen (secondary N) is 1. The van der Waals surface area contributed by atoms with Gasteiger partial charge in [-0.15, -0.1) is 11.3 Å². The van der Waals surface area contributed by atoms with Gasteiger partial charge < -0.3 is 10.2 Å². The number of rotatable bonds is 5. The van der Waals surface area contributed by atoms with Crippen molar-refractivity contribution in [3.8, 4) is 11.3 Å². The molecule has 4 rings (SSSR count). The zero-order chi connectivity index (χ0) is 18.1. The third-order valence-corrected chi connectivity index (χ3v) is 6.62. The summed E-state index contributed by atoms with van der Waals surface area (Å²) in [4.78, 5) is 16.6. The first-order valence-corrected chi connectivity index (χ1v) is 10.6. The van der Waals surface area contributed by atoms with Crippen molar-refractivity contribution in [3.63, 3.8) is 0 Å². The van der Waals surface area contributed by atoms with Crippen LogP contribution in [0.3, 0.4) is 0 Å². The highest BCUT2D eigenvalue weighted by molar-refractivity contribution is 7.10. The molecule has 0 spiro atoms. The first-order valence-electron chi connectivity index (χ1n) is 9.76. The van der Waals surface area contributed by atoms with E-state index < -0.39 is 0 Å². The van der Waals surface area contributed by atoms with Crippen molar-refractivity contribution in [3.05, 3.63) is 27.6 Å². The van der Waals surface area contributed by atoms with E-state index in [0.717, 1.165) is 49.5 Å². The molecule has 1 atom stereocenters. The Morgan fingerprint density at radius 3 is 3.15 bits per heavy atom. The fourth-order valence-corrected chi connectivity index (χ4v) is 5.27. The molecule has 5 nitrogen and oxygen atoms in total. The molecule has 26 heavy (non-hydrogen) atoms. The first kappa shape index (κ1) is 17.7. The summed E-state index contributed by atoms with van der Waals surface area (Å²) >= 11 is 1.80. The van der Waals surface area contributed by atoms with E-state index >= 15 is 0 Å². The SMILES string of the molecule is C[C@@H]1CCCN(CCCNC(=O)c2nn(C)c3c2CCc2sccc2-3)C1. The van der Waals surface area contributed by atoms with Crippen LogP contribution in [0.15, 0.2) is 11.4 Å². The lowest BCUT2D eigenvalue weighted by atomic mass is 9.94. The average molecular weight is 373 g/mol. The van der Waals surface area contributed by atoms with Crippen LogP contribution in [-0.2, 0) is 19.9 Å². The normalized spacial score (nSPS) is 19.8. The highest BCUT2D eigenvalue weighted by Gasteiger charge is 2.27. The smallest absolute Gasteiger partial charge is 0.272 e. The third kappa shape index (κ3) is 3.45. The Kier molecular flexibility index (Phi) is 5.14. The highest BCUT2D eigenvalue weighted by atomic mass is 32.1. The van der Waals surface area contributed by atoms with Crippen molar-refractivity contribution in [2.24, 2.45) is 13.0 Å². The van der Waals surface area contributed by atoms with Gasteiger partial charge in [0.25, 0.3) is 5.91 Å². The molecule has 1 saturated heterocycles. The first-order chi connectivity index (χ1) is 12.6. The van der Waals surface area contributed by atoms with Crippen LogP contribution >= 0.6 is 11.3 Å². The fourth-order valence-electron chi connectivity index (χ4n) is 4.39. The topological polar surface area (TPSA) is 50.2 Å². The number of carbonyl (C=O) groups is 1. The van der Waals surface area contributed by atoms with Crippen molar-refractivity contribution < 1.29 is 4.79 Å². The zero-order valence-corrected chi connectivity index (χ0v) is 16.6. The van der Waals surface area contributed by atoms with Crippen LogP contribution in [0.5, 0.6) is 0 Å². The average Bonchev–Trinajstić information content (AvgIpc) is 3.22. The van der Waals surface area contributed by atoms with Gasteiger partial charge in [0.1, 0.15) is 0 Å². The maximum Gasteiger partial charge on any atom is 0.272 e. The van der Waals surface area contributed by atoms with Gasteiger partial charge >= 0.3 is 0 Å². The molecule has 2 aromatic rings. The van der Waals surface area contributed by atoms with Crippen molar-refractivity contribution in [2.75, 3.05) is 26.2 Å². The Balaban J connectivity index is 1.35. The van der Waals surface area contributed by atoms with Gasteiger partial charge in [-0.25, -0.2) is 0 Å². The summed E-state index contributed by atoms with van der Waals surface area (Å²) in [7, 11) is 1.94.